The lowest BCUT2D eigenvalue weighted by Crippen LogP contribution is -2.25. The Morgan fingerprint density at radius 1 is 1.00 bits per heavy atom. The third-order valence-electron chi connectivity index (χ3n) is 4.61. The zero-order valence-corrected chi connectivity index (χ0v) is 18.4. The Labute approximate surface area is 203 Å². The lowest BCUT2D eigenvalue weighted by molar-refractivity contribution is -0.286. The van der Waals surface area contributed by atoms with E-state index in [4.69, 9.17) is 15.2 Å². The fraction of sp³-hybridized carbons (Fsp3) is 0.136. The maximum Gasteiger partial charge on any atom is 0.586 e. The van der Waals surface area contributed by atoms with Crippen LogP contribution in [0.1, 0.15) is 20.8 Å². The van der Waals surface area contributed by atoms with Crippen LogP contribution in [0.15, 0.2) is 48.7 Å². The van der Waals surface area contributed by atoms with Crippen molar-refractivity contribution in [3.8, 4) is 34.5 Å². The summed E-state index contributed by atoms with van der Waals surface area (Å²) < 4.78 is 88.2. The molecule has 0 unspecified atom stereocenters. The molecule has 0 aliphatic carbocycles. The molecule has 0 fully saturated rings. The SMILES string of the molecule is COc1cc(OC(F)(F)F)ccc1Oc1cc2c(cc1C(=O)Nc1ccnc(C(N)=O)c1)OC(F)(F)O2. The number of alkyl halides is 5. The van der Waals surface area contributed by atoms with Gasteiger partial charge in [0.05, 0.1) is 12.7 Å². The van der Waals surface area contributed by atoms with Crippen LogP contribution in [0.25, 0.3) is 0 Å². The number of rotatable bonds is 7. The largest absolute Gasteiger partial charge is 0.586 e. The summed E-state index contributed by atoms with van der Waals surface area (Å²) in [7, 11) is 1.13. The van der Waals surface area contributed by atoms with E-state index in [0.29, 0.717) is 0 Å². The first-order chi connectivity index (χ1) is 17.3. The first kappa shape index (κ1) is 25.3. The van der Waals surface area contributed by atoms with E-state index in [2.05, 4.69) is 24.5 Å². The molecule has 2 amide bonds. The number of fused-ring (bicyclic) bond motifs is 1. The Kier molecular flexibility index (Phi) is 6.37. The molecule has 3 N–H and O–H groups in total. The minimum Gasteiger partial charge on any atom is -0.493 e. The van der Waals surface area contributed by atoms with Gasteiger partial charge in [0.1, 0.15) is 17.2 Å². The lowest BCUT2D eigenvalue weighted by atomic mass is 10.1. The lowest BCUT2D eigenvalue weighted by Gasteiger charge is -2.16. The van der Waals surface area contributed by atoms with Gasteiger partial charge in [0.15, 0.2) is 23.0 Å². The van der Waals surface area contributed by atoms with E-state index in [1.165, 1.54) is 18.3 Å². The van der Waals surface area contributed by atoms with Crippen molar-refractivity contribution in [3.05, 3.63) is 59.9 Å². The van der Waals surface area contributed by atoms with Crippen molar-refractivity contribution in [2.45, 2.75) is 12.7 Å². The standard InChI is InChI=1S/C22H14F5N3O7/c1-33-16-7-11(35-21(23,24)25)2-3-14(16)34-15-9-18-17(36-22(26,27)37-18)8-12(15)20(32)30-10-4-5-29-13(6-10)19(28)31/h2-9H,1H3,(H2,28,31)(H,29,30,32). The molecular weight excluding hydrogens is 513 g/mol. The predicted molar refractivity (Wildman–Crippen MR) is 113 cm³/mol. The summed E-state index contributed by atoms with van der Waals surface area (Å²) >= 11 is 0. The van der Waals surface area contributed by atoms with Crippen LogP contribution in [0.3, 0.4) is 0 Å². The van der Waals surface area contributed by atoms with Gasteiger partial charge in [0.2, 0.25) is 0 Å². The first-order valence-electron chi connectivity index (χ1n) is 9.96. The highest BCUT2D eigenvalue weighted by Gasteiger charge is 2.44. The average Bonchev–Trinajstić information content (AvgIpc) is 3.11. The van der Waals surface area contributed by atoms with Crippen molar-refractivity contribution < 1.29 is 55.2 Å². The molecule has 0 saturated carbocycles. The molecule has 194 valence electrons. The molecule has 1 aliphatic rings. The summed E-state index contributed by atoms with van der Waals surface area (Å²) in [6.07, 6.45) is -7.80. The van der Waals surface area contributed by atoms with Crippen LogP contribution in [0.2, 0.25) is 0 Å². The van der Waals surface area contributed by atoms with Crippen LogP contribution >= 0.6 is 0 Å². The Bertz CT molecular complexity index is 1380. The number of nitrogens with zero attached hydrogens (tertiary/aromatic N) is 1. The number of amides is 2. The van der Waals surface area contributed by atoms with E-state index in [1.807, 2.05) is 0 Å². The Morgan fingerprint density at radius 3 is 2.35 bits per heavy atom. The third kappa shape index (κ3) is 5.88. The Morgan fingerprint density at radius 2 is 1.70 bits per heavy atom. The number of hydrogen-bond acceptors (Lipinski definition) is 8. The van der Waals surface area contributed by atoms with Gasteiger partial charge in [-0.2, -0.15) is 0 Å². The second kappa shape index (κ2) is 9.33. The minimum absolute atomic E-state index is 0.0778. The second-order valence-corrected chi connectivity index (χ2v) is 7.17. The third-order valence-corrected chi connectivity index (χ3v) is 4.61. The summed E-state index contributed by atoms with van der Waals surface area (Å²) in [5, 5.41) is 2.43. The van der Waals surface area contributed by atoms with Crippen LogP contribution in [-0.4, -0.2) is 36.6 Å². The number of carbonyl (C=O) groups is 2. The van der Waals surface area contributed by atoms with E-state index >= 15 is 0 Å². The van der Waals surface area contributed by atoms with Gasteiger partial charge >= 0.3 is 12.7 Å². The first-order valence-corrected chi connectivity index (χ1v) is 9.96. The monoisotopic (exact) mass is 527 g/mol. The molecule has 0 saturated heterocycles. The number of nitrogens with two attached hydrogens (primary N) is 1. The molecule has 0 atom stereocenters. The quantitative estimate of drug-likeness (QED) is 0.431. The van der Waals surface area contributed by atoms with Gasteiger partial charge in [0, 0.05) is 30.1 Å². The number of ether oxygens (including phenoxy) is 5. The molecule has 10 nitrogen and oxygen atoms in total. The van der Waals surface area contributed by atoms with E-state index in [9.17, 15) is 31.5 Å². The van der Waals surface area contributed by atoms with E-state index in [1.54, 1.807) is 0 Å². The van der Waals surface area contributed by atoms with Crippen molar-refractivity contribution in [1.82, 2.24) is 4.98 Å². The van der Waals surface area contributed by atoms with Crippen LogP contribution in [0.4, 0.5) is 27.6 Å². The summed E-state index contributed by atoms with van der Waals surface area (Å²) in [5.74, 6) is -4.16. The Hall–Kier alpha value is -4.82. The smallest absolute Gasteiger partial charge is 0.493 e. The highest BCUT2D eigenvalue weighted by Crippen LogP contribution is 2.46. The molecule has 0 spiro atoms. The number of nitrogens with one attached hydrogen (secondary N) is 1. The van der Waals surface area contributed by atoms with Gasteiger partial charge in [-0.15, -0.1) is 22.0 Å². The molecule has 2 aromatic carbocycles. The zero-order valence-electron chi connectivity index (χ0n) is 18.4. The molecule has 0 bridgehead atoms. The number of carbonyl (C=O) groups excluding carboxylic acids is 2. The predicted octanol–water partition coefficient (Wildman–Crippen LogP) is 4.45. The number of halogens is 5. The minimum atomic E-state index is -4.97. The fourth-order valence-electron chi connectivity index (χ4n) is 3.13. The summed E-state index contributed by atoms with van der Waals surface area (Å²) in [5.41, 5.74) is 4.74. The van der Waals surface area contributed by atoms with E-state index in [-0.39, 0.29) is 34.2 Å². The highest BCUT2D eigenvalue weighted by atomic mass is 19.4. The van der Waals surface area contributed by atoms with E-state index < -0.39 is 41.7 Å². The summed E-state index contributed by atoms with van der Waals surface area (Å²) in [6, 6.07) is 7.15. The van der Waals surface area contributed by atoms with Gasteiger partial charge in [-0.25, -0.2) is 0 Å². The Balaban J connectivity index is 1.70. The van der Waals surface area contributed by atoms with Gasteiger partial charge < -0.3 is 34.7 Å². The fourth-order valence-corrected chi connectivity index (χ4v) is 3.13. The summed E-state index contributed by atoms with van der Waals surface area (Å²) in [4.78, 5) is 28.1. The molecule has 1 aliphatic heterocycles. The number of methoxy groups -OCH3 is 1. The number of anilines is 1. The number of hydrogen-bond donors (Lipinski definition) is 2. The molecule has 2 heterocycles. The van der Waals surface area contributed by atoms with Crippen molar-refractivity contribution in [3.63, 3.8) is 0 Å². The number of aromatic nitrogens is 1. The maximum absolute atomic E-state index is 13.6. The van der Waals surface area contributed by atoms with Crippen LogP contribution in [-0.2, 0) is 0 Å². The molecule has 1 aromatic heterocycles. The number of benzene rings is 2. The van der Waals surface area contributed by atoms with Crippen LogP contribution < -0.4 is 34.7 Å². The van der Waals surface area contributed by atoms with Crippen LogP contribution in [0, 0.1) is 0 Å². The van der Waals surface area contributed by atoms with Crippen molar-refractivity contribution in [2.24, 2.45) is 5.73 Å². The average molecular weight is 527 g/mol. The summed E-state index contributed by atoms with van der Waals surface area (Å²) in [6.45, 7) is 0. The number of pyridine rings is 1. The molecular formula is C22H14F5N3O7. The van der Waals surface area contributed by atoms with Crippen LogP contribution in [0.5, 0.6) is 34.5 Å². The molecule has 0 radical (unpaired) electrons. The molecule has 15 heteroatoms. The van der Waals surface area contributed by atoms with Crippen molar-refractivity contribution >= 4 is 17.5 Å². The van der Waals surface area contributed by atoms with E-state index in [0.717, 1.165) is 37.4 Å². The maximum atomic E-state index is 13.6. The molecule has 37 heavy (non-hydrogen) atoms. The van der Waals surface area contributed by atoms with Crippen molar-refractivity contribution in [2.75, 3.05) is 12.4 Å². The zero-order chi connectivity index (χ0) is 27.0. The van der Waals surface area contributed by atoms with Gasteiger partial charge in [-0.05, 0) is 24.3 Å². The van der Waals surface area contributed by atoms with Gasteiger partial charge in [-0.1, -0.05) is 0 Å². The second-order valence-electron chi connectivity index (χ2n) is 7.17. The normalized spacial score (nSPS) is 13.6. The van der Waals surface area contributed by atoms with Crippen molar-refractivity contribution in [1.29, 1.82) is 0 Å². The van der Waals surface area contributed by atoms with Gasteiger partial charge in [0.25, 0.3) is 11.8 Å². The molecule has 3 aromatic rings. The number of primary amides is 1. The molecule has 4 rings (SSSR count). The topological polar surface area (TPSA) is 131 Å². The van der Waals surface area contributed by atoms with Gasteiger partial charge in [-0.3, -0.25) is 14.6 Å². The highest BCUT2D eigenvalue weighted by molar-refractivity contribution is 6.07.